The molecule has 0 aromatic rings. The standard InChI is InChI=1S/C13H23N/c1-13(2)7-10(8-13)14-12-6-5-11(12)9-3-4-9/h9-12,14H,3-8H2,1-2H3. The third kappa shape index (κ3) is 1.60. The molecule has 3 aliphatic rings. The predicted molar refractivity (Wildman–Crippen MR) is 59.2 cm³/mol. The Labute approximate surface area is 87.7 Å². The van der Waals surface area contributed by atoms with Gasteiger partial charge in [0.25, 0.3) is 0 Å². The zero-order valence-corrected chi connectivity index (χ0v) is 9.55. The van der Waals surface area contributed by atoms with Gasteiger partial charge >= 0.3 is 0 Å². The molecule has 0 radical (unpaired) electrons. The highest BCUT2D eigenvalue weighted by molar-refractivity contribution is 5.00. The highest BCUT2D eigenvalue weighted by atomic mass is 15.0. The van der Waals surface area contributed by atoms with E-state index in [1.165, 1.54) is 38.5 Å². The minimum Gasteiger partial charge on any atom is -0.311 e. The maximum atomic E-state index is 3.88. The molecule has 0 amide bonds. The molecular weight excluding hydrogens is 170 g/mol. The topological polar surface area (TPSA) is 12.0 Å². The SMILES string of the molecule is CC1(C)CC(NC2CCC2C2CC2)C1. The van der Waals surface area contributed by atoms with Gasteiger partial charge < -0.3 is 5.32 Å². The van der Waals surface area contributed by atoms with Gasteiger partial charge in [-0.1, -0.05) is 13.8 Å². The average molecular weight is 193 g/mol. The molecule has 0 heterocycles. The van der Waals surface area contributed by atoms with Gasteiger partial charge in [-0.05, 0) is 55.8 Å². The van der Waals surface area contributed by atoms with Crippen molar-refractivity contribution in [2.24, 2.45) is 17.3 Å². The Morgan fingerprint density at radius 3 is 2.14 bits per heavy atom. The summed E-state index contributed by atoms with van der Waals surface area (Å²) in [6.45, 7) is 4.79. The molecule has 1 N–H and O–H groups in total. The second-order valence-electron chi connectivity index (χ2n) is 6.62. The van der Waals surface area contributed by atoms with E-state index in [0.29, 0.717) is 5.41 Å². The van der Waals surface area contributed by atoms with Gasteiger partial charge in [0.05, 0.1) is 0 Å². The zero-order chi connectivity index (χ0) is 9.76. The molecule has 0 aliphatic heterocycles. The lowest BCUT2D eigenvalue weighted by Gasteiger charge is -2.48. The fraction of sp³-hybridized carbons (Fsp3) is 1.00. The molecule has 3 rings (SSSR count). The van der Waals surface area contributed by atoms with Crippen LogP contribution in [-0.2, 0) is 0 Å². The van der Waals surface area contributed by atoms with E-state index in [2.05, 4.69) is 19.2 Å². The summed E-state index contributed by atoms with van der Waals surface area (Å²) in [4.78, 5) is 0. The van der Waals surface area contributed by atoms with Gasteiger partial charge in [0, 0.05) is 12.1 Å². The van der Waals surface area contributed by atoms with Gasteiger partial charge in [0.2, 0.25) is 0 Å². The molecule has 3 saturated carbocycles. The van der Waals surface area contributed by atoms with Crippen LogP contribution in [0.3, 0.4) is 0 Å². The van der Waals surface area contributed by atoms with E-state index in [1.807, 2.05) is 0 Å². The molecule has 0 aromatic heterocycles. The van der Waals surface area contributed by atoms with Crippen LogP contribution >= 0.6 is 0 Å². The van der Waals surface area contributed by atoms with Gasteiger partial charge in [-0.2, -0.15) is 0 Å². The molecule has 1 nitrogen and oxygen atoms in total. The van der Waals surface area contributed by atoms with Crippen molar-refractivity contribution in [1.82, 2.24) is 5.32 Å². The summed E-state index contributed by atoms with van der Waals surface area (Å²) in [6.07, 6.45) is 8.83. The Balaban J connectivity index is 1.45. The molecule has 3 fully saturated rings. The Morgan fingerprint density at radius 1 is 1.00 bits per heavy atom. The van der Waals surface area contributed by atoms with Crippen LogP contribution in [-0.4, -0.2) is 12.1 Å². The Kier molecular flexibility index (Phi) is 1.96. The first-order valence-corrected chi connectivity index (χ1v) is 6.40. The summed E-state index contributed by atoms with van der Waals surface area (Å²) < 4.78 is 0. The molecule has 0 spiro atoms. The first kappa shape index (κ1) is 9.21. The van der Waals surface area contributed by atoms with E-state index in [9.17, 15) is 0 Å². The van der Waals surface area contributed by atoms with Crippen LogP contribution in [0.1, 0.15) is 52.4 Å². The lowest BCUT2D eigenvalue weighted by atomic mass is 9.67. The third-order valence-electron chi connectivity index (χ3n) is 4.60. The molecule has 3 aliphatic carbocycles. The highest BCUT2D eigenvalue weighted by Gasteiger charge is 2.45. The van der Waals surface area contributed by atoms with Crippen LogP contribution in [0.2, 0.25) is 0 Å². The molecule has 0 bridgehead atoms. The summed E-state index contributed by atoms with van der Waals surface area (Å²) in [5.74, 6) is 2.19. The molecule has 2 atom stereocenters. The second-order valence-corrected chi connectivity index (χ2v) is 6.62. The van der Waals surface area contributed by atoms with Crippen LogP contribution in [0.5, 0.6) is 0 Å². The monoisotopic (exact) mass is 193 g/mol. The molecule has 80 valence electrons. The van der Waals surface area contributed by atoms with Crippen molar-refractivity contribution in [3.05, 3.63) is 0 Å². The van der Waals surface area contributed by atoms with Gasteiger partial charge in [0.15, 0.2) is 0 Å². The lowest BCUT2D eigenvalue weighted by Crippen LogP contribution is -2.55. The minimum absolute atomic E-state index is 0.635. The average Bonchev–Trinajstić information content (AvgIpc) is 2.77. The van der Waals surface area contributed by atoms with Crippen LogP contribution in [0, 0.1) is 17.3 Å². The first-order valence-electron chi connectivity index (χ1n) is 6.40. The fourth-order valence-electron chi connectivity index (χ4n) is 3.52. The fourth-order valence-corrected chi connectivity index (χ4v) is 3.52. The summed E-state index contributed by atoms with van der Waals surface area (Å²) in [6, 6.07) is 1.76. The number of nitrogens with one attached hydrogen (secondary N) is 1. The molecule has 0 aromatic carbocycles. The molecule has 1 heteroatoms. The number of hydrogen-bond donors (Lipinski definition) is 1. The van der Waals surface area contributed by atoms with Crippen molar-refractivity contribution in [2.45, 2.75) is 64.5 Å². The minimum atomic E-state index is 0.635. The van der Waals surface area contributed by atoms with E-state index < -0.39 is 0 Å². The quantitative estimate of drug-likeness (QED) is 0.726. The van der Waals surface area contributed by atoms with Gasteiger partial charge in [-0.3, -0.25) is 0 Å². The van der Waals surface area contributed by atoms with Crippen LogP contribution in [0.15, 0.2) is 0 Å². The Hall–Kier alpha value is -0.0400. The van der Waals surface area contributed by atoms with Crippen molar-refractivity contribution >= 4 is 0 Å². The van der Waals surface area contributed by atoms with Crippen molar-refractivity contribution in [3.8, 4) is 0 Å². The molecular formula is C13H23N. The second kappa shape index (κ2) is 2.98. The maximum Gasteiger partial charge on any atom is 0.0101 e. The predicted octanol–water partition coefficient (Wildman–Crippen LogP) is 2.95. The van der Waals surface area contributed by atoms with Gasteiger partial charge in [-0.15, -0.1) is 0 Å². The maximum absolute atomic E-state index is 3.88. The van der Waals surface area contributed by atoms with Crippen LogP contribution in [0.4, 0.5) is 0 Å². The van der Waals surface area contributed by atoms with Crippen molar-refractivity contribution in [1.29, 1.82) is 0 Å². The smallest absolute Gasteiger partial charge is 0.0101 e. The van der Waals surface area contributed by atoms with E-state index in [-0.39, 0.29) is 0 Å². The van der Waals surface area contributed by atoms with E-state index in [0.717, 1.165) is 23.9 Å². The third-order valence-corrected chi connectivity index (χ3v) is 4.60. The summed E-state index contributed by atoms with van der Waals surface area (Å²) in [5.41, 5.74) is 0.635. The summed E-state index contributed by atoms with van der Waals surface area (Å²) in [7, 11) is 0. The van der Waals surface area contributed by atoms with Crippen LogP contribution in [0.25, 0.3) is 0 Å². The Bertz CT molecular complexity index is 221. The van der Waals surface area contributed by atoms with Crippen molar-refractivity contribution in [2.75, 3.05) is 0 Å². The van der Waals surface area contributed by atoms with E-state index in [4.69, 9.17) is 0 Å². The Morgan fingerprint density at radius 2 is 1.71 bits per heavy atom. The molecule has 2 unspecified atom stereocenters. The zero-order valence-electron chi connectivity index (χ0n) is 9.55. The van der Waals surface area contributed by atoms with E-state index in [1.54, 1.807) is 0 Å². The first-order chi connectivity index (χ1) is 6.64. The van der Waals surface area contributed by atoms with Crippen LogP contribution < -0.4 is 5.32 Å². The summed E-state index contributed by atoms with van der Waals surface area (Å²) in [5, 5.41) is 3.88. The highest BCUT2D eigenvalue weighted by Crippen LogP contribution is 2.48. The summed E-state index contributed by atoms with van der Waals surface area (Å²) >= 11 is 0. The number of hydrogen-bond acceptors (Lipinski definition) is 1. The van der Waals surface area contributed by atoms with Gasteiger partial charge in [0.1, 0.15) is 0 Å². The molecule has 0 saturated heterocycles. The largest absolute Gasteiger partial charge is 0.311 e. The normalized spacial score (nSPS) is 41.6. The van der Waals surface area contributed by atoms with Gasteiger partial charge in [-0.25, -0.2) is 0 Å². The van der Waals surface area contributed by atoms with Crippen molar-refractivity contribution in [3.63, 3.8) is 0 Å². The van der Waals surface area contributed by atoms with E-state index >= 15 is 0 Å². The van der Waals surface area contributed by atoms with Crippen molar-refractivity contribution < 1.29 is 0 Å². The lowest BCUT2D eigenvalue weighted by molar-refractivity contribution is 0.0766. The number of rotatable bonds is 3. The molecule has 14 heavy (non-hydrogen) atoms.